The first-order valence-electron chi connectivity index (χ1n) is 6.07. The molecular formula is C14H19N3O. The molecule has 18 heavy (non-hydrogen) atoms. The van der Waals surface area contributed by atoms with Crippen LogP contribution < -0.4 is 10.1 Å². The van der Waals surface area contributed by atoms with Crippen LogP contribution in [-0.2, 0) is 6.54 Å². The molecule has 1 unspecified atom stereocenters. The van der Waals surface area contributed by atoms with E-state index in [4.69, 9.17) is 4.74 Å². The minimum absolute atomic E-state index is 0.273. The van der Waals surface area contributed by atoms with E-state index in [9.17, 15) is 0 Å². The molecule has 1 atom stereocenters. The molecule has 0 amide bonds. The van der Waals surface area contributed by atoms with Gasteiger partial charge in [0.1, 0.15) is 5.75 Å². The Balaban J connectivity index is 1.99. The van der Waals surface area contributed by atoms with Gasteiger partial charge in [0.05, 0.1) is 13.3 Å². The number of hydrogen-bond acceptors (Lipinski definition) is 3. The summed E-state index contributed by atoms with van der Waals surface area (Å²) in [6, 6.07) is 8.39. The van der Waals surface area contributed by atoms with Gasteiger partial charge in [-0.2, -0.15) is 5.10 Å². The predicted octanol–water partition coefficient (Wildman–Crippen LogP) is 2.58. The molecule has 2 aromatic rings. The SMILES string of the molecule is COc1cccc(C(C)NCc2cn[nH]c2C)c1. The highest BCUT2D eigenvalue weighted by molar-refractivity contribution is 5.30. The van der Waals surface area contributed by atoms with Crippen LogP contribution in [0, 0.1) is 6.92 Å². The van der Waals surface area contributed by atoms with E-state index in [0.717, 1.165) is 18.0 Å². The number of aryl methyl sites for hydroxylation is 1. The fraction of sp³-hybridized carbons (Fsp3) is 0.357. The summed E-state index contributed by atoms with van der Waals surface area (Å²) < 4.78 is 5.23. The molecule has 0 saturated carbocycles. The quantitative estimate of drug-likeness (QED) is 0.851. The molecule has 4 heteroatoms. The number of aromatic amines is 1. The summed E-state index contributed by atoms with van der Waals surface area (Å²) in [5.41, 5.74) is 3.53. The first-order chi connectivity index (χ1) is 8.70. The van der Waals surface area contributed by atoms with Crippen molar-refractivity contribution in [3.8, 4) is 5.75 Å². The Kier molecular flexibility index (Phi) is 3.99. The average Bonchev–Trinajstić information content (AvgIpc) is 2.81. The van der Waals surface area contributed by atoms with Crippen molar-refractivity contribution in [1.29, 1.82) is 0 Å². The minimum Gasteiger partial charge on any atom is -0.497 e. The van der Waals surface area contributed by atoms with E-state index in [1.165, 1.54) is 11.1 Å². The number of aromatic nitrogens is 2. The molecule has 96 valence electrons. The lowest BCUT2D eigenvalue weighted by Gasteiger charge is -2.14. The fourth-order valence-corrected chi connectivity index (χ4v) is 1.85. The van der Waals surface area contributed by atoms with Crippen LogP contribution in [0.3, 0.4) is 0 Å². The number of H-pyrrole nitrogens is 1. The molecule has 2 rings (SSSR count). The third-order valence-electron chi connectivity index (χ3n) is 3.13. The average molecular weight is 245 g/mol. The predicted molar refractivity (Wildman–Crippen MR) is 71.6 cm³/mol. The van der Waals surface area contributed by atoms with Crippen molar-refractivity contribution in [1.82, 2.24) is 15.5 Å². The standard InChI is InChI=1S/C14H19N3O/c1-10(12-5-4-6-14(7-12)18-3)15-8-13-9-16-17-11(13)2/h4-7,9-10,15H,8H2,1-3H3,(H,16,17). The molecule has 1 aromatic heterocycles. The van der Waals surface area contributed by atoms with Crippen molar-refractivity contribution in [3.05, 3.63) is 47.3 Å². The molecule has 0 fully saturated rings. The van der Waals surface area contributed by atoms with Gasteiger partial charge in [-0.3, -0.25) is 5.10 Å². The molecule has 4 nitrogen and oxygen atoms in total. The number of nitrogens with zero attached hydrogens (tertiary/aromatic N) is 1. The van der Waals surface area contributed by atoms with E-state index in [2.05, 4.69) is 34.6 Å². The summed E-state index contributed by atoms with van der Waals surface area (Å²) in [5, 5.41) is 10.4. The van der Waals surface area contributed by atoms with Crippen molar-refractivity contribution in [3.63, 3.8) is 0 Å². The van der Waals surface area contributed by atoms with Crippen molar-refractivity contribution in [2.75, 3.05) is 7.11 Å². The maximum Gasteiger partial charge on any atom is 0.119 e. The number of methoxy groups -OCH3 is 1. The number of nitrogens with one attached hydrogen (secondary N) is 2. The van der Waals surface area contributed by atoms with Crippen LogP contribution in [0.15, 0.2) is 30.5 Å². The number of ether oxygens (including phenoxy) is 1. The van der Waals surface area contributed by atoms with E-state index in [0.29, 0.717) is 0 Å². The van der Waals surface area contributed by atoms with Crippen LogP contribution in [-0.4, -0.2) is 17.3 Å². The van der Waals surface area contributed by atoms with Gasteiger partial charge in [0, 0.05) is 23.8 Å². The first-order valence-corrected chi connectivity index (χ1v) is 6.07. The zero-order valence-corrected chi connectivity index (χ0v) is 11.0. The largest absolute Gasteiger partial charge is 0.497 e. The molecule has 2 N–H and O–H groups in total. The normalized spacial score (nSPS) is 12.4. The number of hydrogen-bond donors (Lipinski definition) is 2. The van der Waals surface area contributed by atoms with E-state index in [1.54, 1.807) is 7.11 Å². The van der Waals surface area contributed by atoms with Crippen LogP contribution in [0.4, 0.5) is 0 Å². The number of benzene rings is 1. The van der Waals surface area contributed by atoms with Gasteiger partial charge in [-0.05, 0) is 31.5 Å². The highest BCUT2D eigenvalue weighted by atomic mass is 16.5. The second kappa shape index (κ2) is 5.69. The molecular weight excluding hydrogens is 226 g/mol. The molecule has 0 aliphatic heterocycles. The topological polar surface area (TPSA) is 49.9 Å². The Morgan fingerprint density at radius 2 is 2.28 bits per heavy atom. The summed E-state index contributed by atoms with van der Waals surface area (Å²) in [6.07, 6.45) is 1.86. The van der Waals surface area contributed by atoms with E-state index >= 15 is 0 Å². The van der Waals surface area contributed by atoms with Crippen LogP contribution in [0.1, 0.15) is 29.8 Å². The highest BCUT2D eigenvalue weighted by Crippen LogP contribution is 2.19. The van der Waals surface area contributed by atoms with Gasteiger partial charge in [0.15, 0.2) is 0 Å². The maximum atomic E-state index is 5.23. The van der Waals surface area contributed by atoms with Gasteiger partial charge >= 0.3 is 0 Å². The third kappa shape index (κ3) is 2.90. The molecule has 0 spiro atoms. The Morgan fingerprint density at radius 1 is 1.44 bits per heavy atom. The highest BCUT2D eigenvalue weighted by Gasteiger charge is 2.07. The Hall–Kier alpha value is -1.81. The summed E-state index contributed by atoms with van der Waals surface area (Å²) in [5.74, 6) is 0.889. The number of rotatable bonds is 5. The van der Waals surface area contributed by atoms with Gasteiger partial charge in [0.2, 0.25) is 0 Å². The van der Waals surface area contributed by atoms with Gasteiger partial charge in [0.25, 0.3) is 0 Å². The first kappa shape index (κ1) is 12.6. The Labute approximate surface area is 107 Å². The smallest absolute Gasteiger partial charge is 0.119 e. The van der Waals surface area contributed by atoms with Crippen molar-refractivity contribution >= 4 is 0 Å². The van der Waals surface area contributed by atoms with Crippen molar-refractivity contribution in [2.45, 2.75) is 26.4 Å². The second-order valence-corrected chi connectivity index (χ2v) is 4.40. The maximum absolute atomic E-state index is 5.23. The molecule has 0 bridgehead atoms. The van der Waals surface area contributed by atoms with E-state index in [1.807, 2.05) is 25.3 Å². The summed E-state index contributed by atoms with van der Waals surface area (Å²) in [4.78, 5) is 0. The zero-order valence-electron chi connectivity index (χ0n) is 11.0. The monoisotopic (exact) mass is 245 g/mol. The van der Waals surface area contributed by atoms with Crippen molar-refractivity contribution < 1.29 is 4.74 Å². The van der Waals surface area contributed by atoms with E-state index < -0.39 is 0 Å². The fourth-order valence-electron chi connectivity index (χ4n) is 1.85. The Bertz CT molecular complexity index is 507. The zero-order chi connectivity index (χ0) is 13.0. The van der Waals surface area contributed by atoms with Gasteiger partial charge < -0.3 is 10.1 Å². The van der Waals surface area contributed by atoms with Gasteiger partial charge in [-0.15, -0.1) is 0 Å². The molecule has 0 radical (unpaired) electrons. The summed E-state index contributed by atoms with van der Waals surface area (Å²) >= 11 is 0. The lowest BCUT2D eigenvalue weighted by Crippen LogP contribution is -2.18. The Morgan fingerprint density at radius 3 is 2.94 bits per heavy atom. The van der Waals surface area contributed by atoms with Crippen molar-refractivity contribution in [2.24, 2.45) is 0 Å². The second-order valence-electron chi connectivity index (χ2n) is 4.40. The molecule has 0 aliphatic rings. The summed E-state index contributed by atoms with van der Waals surface area (Å²) in [7, 11) is 1.69. The minimum atomic E-state index is 0.273. The van der Waals surface area contributed by atoms with Gasteiger partial charge in [-0.25, -0.2) is 0 Å². The van der Waals surface area contributed by atoms with Crippen LogP contribution in [0.25, 0.3) is 0 Å². The van der Waals surface area contributed by atoms with Crippen LogP contribution in [0.5, 0.6) is 5.75 Å². The summed E-state index contributed by atoms with van der Waals surface area (Å²) in [6.45, 7) is 4.98. The molecule has 1 heterocycles. The molecule has 1 aromatic carbocycles. The van der Waals surface area contributed by atoms with Crippen LogP contribution in [0.2, 0.25) is 0 Å². The molecule has 0 aliphatic carbocycles. The lowest BCUT2D eigenvalue weighted by atomic mass is 10.1. The third-order valence-corrected chi connectivity index (χ3v) is 3.13. The van der Waals surface area contributed by atoms with Crippen LogP contribution >= 0.6 is 0 Å². The van der Waals surface area contributed by atoms with Gasteiger partial charge in [-0.1, -0.05) is 12.1 Å². The lowest BCUT2D eigenvalue weighted by molar-refractivity contribution is 0.413. The molecule has 0 saturated heterocycles. The van der Waals surface area contributed by atoms with E-state index in [-0.39, 0.29) is 6.04 Å².